The molecule has 26 heavy (non-hydrogen) atoms. The van der Waals surface area contributed by atoms with Crippen LogP contribution in [0.3, 0.4) is 0 Å². The molecule has 2 rings (SSSR count). The van der Waals surface area contributed by atoms with E-state index < -0.39 is 0 Å². The molecule has 0 bridgehead atoms. The molecule has 0 fully saturated rings. The maximum absolute atomic E-state index is 13.2. The number of rotatable bonds is 8. The molecule has 142 valence electrons. The second-order valence-corrected chi connectivity index (χ2v) is 6.29. The van der Waals surface area contributed by atoms with E-state index in [0.29, 0.717) is 25.6 Å². The molecule has 0 aliphatic heterocycles. The molecule has 2 aromatic rings. The Bertz CT molecular complexity index is 694. The number of benzene rings is 1. The minimum absolute atomic E-state index is 0. The van der Waals surface area contributed by atoms with Crippen molar-refractivity contribution in [1.82, 2.24) is 16.0 Å². The van der Waals surface area contributed by atoms with Gasteiger partial charge in [-0.3, -0.25) is 4.79 Å². The van der Waals surface area contributed by atoms with Gasteiger partial charge >= 0.3 is 0 Å². The Morgan fingerprint density at radius 1 is 1.15 bits per heavy atom. The standard InChI is InChI=1S/C18H23FN4OS.HI/c1-2-20-18(23-13-14-6-3-7-15(19)12-14)22-10-5-9-21-17(24)16-8-4-11-25-16;/h3-4,6-8,11-12H,2,5,9-10,13H2,1H3,(H,21,24)(H2,20,22,23);1H. The Balaban J connectivity index is 0.00000338. The fourth-order valence-corrected chi connectivity index (χ4v) is 2.78. The number of halogens is 2. The van der Waals surface area contributed by atoms with Gasteiger partial charge in [0, 0.05) is 19.6 Å². The molecule has 0 spiro atoms. The molecule has 0 saturated carbocycles. The van der Waals surface area contributed by atoms with Gasteiger partial charge in [0.15, 0.2) is 5.96 Å². The number of carbonyl (C=O) groups is 1. The summed E-state index contributed by atoms with van der Waals surface area (Å²) in [4.78, 5) is 17.0. The third kappa shape index (κ3) is 8.13. The zero-order chi connectivity index (χ0) is 17.9. The van der Waals surface area contributed by atoms with Crippen LogP contribution < -0.4 is 16.0 Å². The lowest BCUT2D eigenvalue weighted by Gasteiger charge is -2.11. The third-order valence-corrected chi connectivity index (χ3v) is 4.20. The molecule has 0 aliphatic rings. The van der Waals surface area contributed by atoms with E-state index in [9.17, 15) is 9.18 Å². The van der Waals surface area contributed by atoms with Gasteiger partial charge in [0.05, 0.1) is 11.4 Å². The molecule has 1 aromatic heterocycles. The molecule has 0 atom stereocenters. The molecule has 1 aromatic carbocycles. The Labute approximate surface area is 174 Å². The zero-order valence-electron chi connectivity index (χ0n) is 14.6. The molecule has 0 saturated heterocycles. The van der Waals surface area contributed by atoms with Gasteiger partial charge in [-0.25, -0.2) is 9.38 Å². The van der Waals surface area contributed by atoms with Crippen molar-refractivity contribution in [1.29, 1.82) is 0 Å². The minimum Gasteiger partial charge on any atom is -0.357 e. The fourth-order valence-electron chi connectivity index (χ4n) is 2.14. The van der Waals surface area contributed by atoms with Crippen LogP contribution in [-0.2, 0) is 6.54 Å². The molecule has 3 N–H and O–H groups in total. The SMILES string of the molecule is CCNC(=NCc1cccc(F)c1)NCCCNC(=O)c1cccs1.I. The topological polar surface area (TPSA) is 65.5 Å². The molecule has 1 heterocycles. The molecule has 1 amide bonds. The number of nitrogens with one attached hydrogen (secondary N) is 3. The summed E-state index contributed by atoms with van der Waals surface area (Å²) in [5, 5.41) is 11.1. The van der Waals surface area contributed by atoms with Crippen LogP contribution in [0.5, 0.6) is 0 Å². The minimum atomic E-state index is -0.257. The number of hydrogen-bond acceptors (Lipinski definition) is 3. The van der Waals surface area contributed by atoms with Crippen molar-refractivity contribution in [3.05, 3.63) is 58.0 Å². The first kappa shape index (κ1) is 22.4. The maximum atomic E-state index is 13.2. The number of thiophene rings is 1. The second kappa shape index (κ2) is 12.6. The summed E-state index contributed by atoms with van der Waals surface area (Å²) in [6.07, 6.45) is 0.779. The van der Waals surface area contributed by atoms with Gasteiger partial charge in [-0.2, -0.15) is 0 Å². The van der Waals surface area contributed by atoms with E-state index in [0.717, 1.165) is 23.4 Å². The summed E-state index contributed by atoms with van der Waals surface area (Å²) in [6, 6.07) is 10.1. The second-order valence-electron chi connectivity index (χ2n) is 5.34. The number of guanidine groups is 1. The van der Waals surface area contributed by atoms with Gasteiger partial charge in [0.25, 0.3) is 5.91 Å². The average Bonchev–Trinajstić information content (AvgIpc) is 3.14. The molecule has 8 heteroatoms. The summed E-state index contributed by atoms with van der Waals surface area (Å²) in [5.41, 5.74) is 0.820. The first-order valence-electron chi connectivity index (χ1n) is 8.27. The fraction of sp³-hybridized carbons (Fsp3) is 0.333. The van der Waals surface area contributed by atoms with Gasteiger partial charge in [-0.15, -0.1) is 35.3 Å². The van der Waals surface area contributed by atoms with Crippen LogP contribution in [0.1, 0.15) is 28.6 Å². The van der Waals surface area contributed by atoms with Crippen LogP contribution in [-0.4, -0.2) is 31.5 Å². The molecular formula is C18H24FIN4OS. The number of hydrogen-bond donors (Lipinski definition) is 3. The monoisotopic (exact) mass is 490 g/mol. The first-order chi connectivity index (χ1) is 12.2. The lowest BCUT2D eigenvalue weighted by molar-refractivity contribution is 0.0957. The highest BCUT2D eigenvalue weighted by molar-refractivity contribution is 14.0. The highest BCUT2D eigenvalue weighted by atomic mass is 127. The van der Waals surface area contributed by atoms with Crippen molar-refractivity contribution in [3.8, 4) is 0 Å². The normalized spacial score (nSPS) is 10.8. The molecular weight excluding hydrogens is 466 g/mol. The van der Waals surface area contributed by atoms with E-state index in [1.165, 1.54) is 23.5 Å². The van der Waals surface area contributed by atoms with E-state index >= 15 is 0 Å². The highest BCUT2D eigenvalue weighted by Gasteiger charge is 2.04. The van der Waals surface area contributed by atoms with Crippen LogP contribution in [0.25, 0.3) is 0 Å². The average molecular weight is 490 g/mol. The van der Waals surface area contributed by atoms with Crippen LogP contribution >= 0.6 is 35.3 Å². The quantitative estimate of drug-likeness (QED) is 0.230. The van der Waals surface area contributed by atoms with Gasteiger partial charge in [0.1, 0.15) is 5.82 Å². The van der Waals surface area contributed by atoms with Gasteiger partial charge in [-0.05, 0) is 42.5 Å². The van der Waals surface area contributed by atoms with Crippen LogP contribution in [0.2, 0.25) is 0 Å². The lowest BCUT2D eigenvalue weighted by atomic mass is 10.2. The summed E-state index contributed by atoms with van der Waals surface area (Å²) >= 11 is 1.43. The Morgan fingerprint density at radius 3 is 2.65 bits per heavy atom. The van der Waals surface area contributed by atoms with Gasteiger partial charge in [0.2, 0.25) is 0 Å². The van der Waals surface area contributed by atoms with E-state index in [1.807, 2.05) is 24.4 Å². The Hall–Kier alpha value is -1.68. The smallest absolute Gasteiger partial charge is 0.261 e. The van der Waals surface area contributed by atoms with E-state index in [1.54, 1.807) is 12.1 Å². The van der Waals surface area contributed by atoms with Crippen molar-refractivity contribution in [2.24, 2.45) is 4.99 Å². The summed E-state index contributed by atoms with van der Waals surface area (Å²) in [7, 11) is 0. The number of amides is 1. The third-order valence-electron chi connectivity index (χ3n) is 3.33. The molecule has 0 aliphatic carbocycles. The maximum Gasteiger partial charge on any atom is 0.261 e. The highest BCUT2D eigenvalue weighted by Crippen LogP contribution is 2.07. The molecule has 0 unspecified atom stereocenters. The Kier molecular flexibility index (Phi) is 10.9. The van der Waals surface area contributed by atoms with E-state index in [-0.39, 0.29) is 35.7 Å². The van der Waals surface area contributed by atoms with Crippen molar-refractivity contribution >= 4 is 47.2 Å². The summed E-state index contributed by atoms with van der Waals surface area (Å²) in [5.74, 6) is 0.380. The first-order valence-corrected chi connectivity index (χ1v) is 9.15. The molecule has 0 radical (unpaired) electrons. The molecule has 5 nitrogen and oxygen atoms in total. The summed E-state index contributed by atoms with van der Waals surface area (Å²) < 4.78 is 13.2. The Morgan fingerprint density at radius 2 is 1.96 bits per heavy atom. The van der Waals surface area contributed by atoms with E-state index in [2.05, 4.69) is 20.9 Å². The van der Waals surface area contributed by atoms with E-state index in [4.69, 9.17) is 0 Å². The van der Waals surface area contributed by atoms with Gasteiger partial charge < -0.3 is 16.0 Å². The van der Waals surface area contributed by atoms with Crippen molar-refractivity contribution in [2.45, 2.75) is 19.9 Å². The van der Waals surface area contributed by atoms with Crippen LogP contribution in [0, 0.1) is 5.82 Å². The van der Waals surface area contributed by atoms with Crippen molar-refractivity contribution in [2.75, 3.05) is 19.6 Å². The lowest BCUT2D eigenvalue weighted by Crippen LogP contribution is -2.38. The predicted octanol–water partition coefficient (Wildman–Crippen LogP) is 3.38. The van der Waals surface area contributed by atoms with Crippen LogP contribution in [0.15, 0.2) is 46.8 Å². The summed E-state index contributed by atoms with van der Waals surface area (Å²) in [6.45, 7) is 4.40. The van der Waals surface area contributed by atoms with Crippen LogP contribution in [0.4, 0.5) is 4.39 Å². The predicted molar refractivity (Wildman–Crippen MR) is 116 cm³/mol. The van der Waals surface area contributed by atoms with Crippen molar-refractivity contribution in [3.63, 3.8) is 0 Å². The largest absolute Gasteiger partial charge is 0.357 e. The number of aliphatic imine (C=N–C) groups is 1. The van der Waals surface area contributed by atoms with Crippen molar-refractivity contribution < 1.29 is 9.18 Å². The number of carbonyl (C=O) groups excluding carboxylic acids is 1. The zero-order valence-corrected chi connectivity index (χ0v) is 17.8. The number of nitrogens with zero attached hydrogens (tertiary/aromatic N) is 1. The van der Waals surface area contributed by atoms with Gasteiger partial charge in [-0.1, -0.05) is 18.2 Å².